The van der Waals surface area contributed by atoms with Gasteiger partial charge in [0.05, 0.1) is 12.8 Å². The number of ether oxygens (including phenoxy) is 1. The monoisotopic (exact) mass is 313 g/mol. The van der Waals surface area contributed by atoms with Gasteiger partial charge in [0.1, 0.15) is 5.75 Å². The highest BCUT2D eigenvalue weighted by Gasteiger charge is 2.16. The fourth-order valence-electron chi connectivity index (χ4n) is 2.18. The average molecular weight is 314 g/mol. The molecule has 100 valence electrons. The quantitative estimate of drug-likeness (QED) is 0.888. The Kier molecular flexibility index (Phi) is 4.86. The summed E-state index contributed by atoms with van der Waals surface area (Å²) in [6.07, 6.45) is 0. The van der Waals surface area contributed by atoms with Gasteiger partial charge in [-0.2, -0.15) is 0 Å². The molecule has 2 rings (SSSR count). The van der Waals surface area contributed by atoms with Crippen LogP contribution in [0.2, 0.25) is 0 Å². The van der Waals surface area contributed by atoms with Crippen molar-refractivity contribution in [2.75, 3.05) is 45.7 Å². The van der Waals surface area contributed by atoms with Gasteiger partial charge in [-0.1, -0.05) is 15.9 Å². The van der Waals surface area contributed by atoms with Crippen LogP contribution < -0.4 is 15.4 Å². The molecule has 18 heavy (non-hydrogen) atoms. The van der Waals surface area contributed by atoms with Gasteiger partial charge in [-0.25, -0.2) is 0 Å². The van der Waals surface area contributed by atoms with Crippen LogP contribution in [0.1, 0.15) is 0 Å². The number of hydrogen-bond acceptors (Lipinski definition) is 4. The number of hydrogen-bond donors (Lipinski definition) is 2. The molecule has 1 aromatic rings. The van der Waals surface area contributed by atoms with Gasteiger partial charge >= 0.3 is 0 Å². The summed E-state index contributed by atoms with van der Waals surface area (Å²) in [5.41, 5.74) is 1.03. The first-order valence-corrected chi connectivity index (χ1v) is 6.97. The van der Waals surface area contributed by atoms with Gasteiger partial charge in [-0.05, 0) is 25.2 Å². The standard InChI is InChI=1S/C13H20BrN3O/c1-17-6-5-15-11(9-17)8-16-12-7-10(14)3-4-13(12)18-2/h3-4,7,11,15-16H,5-6,8-9H2,1-2H3. The predicted octanol–water partition coefficient (Wildman–Crippen LogP) is 1.77. The number of rotatable bonds is 4. The summed E-state index contributed by atoms with van der Waals surface area (Å²) in [7, 11) is 3.86. The molecular formula is C13H20BrN3O. The first-order chi connectivity index (χ1) is 8.69. The number of nitrogens with zero attached hydrogens (tertiary/aromatic N) is 1. The van der Waals surface area contributed by atoms with E-state index in [1.165, 1.54) is 0 Å². The van der Waals surface area contributed by atoms with Crippen molar-refractivity contribution in [1.29, 1.82) is 0 Å². The van der Waals surface area contributed by atoms with E-state index in [-0.39, 0.29) is 0 Å². The van der Waals surface area contributed by atoms with Gasteiger partial charge < -0.3 is 20.3 Å². The molecule has 2 N–H and O–H groups in total. The summed E-state index contributed by atoms with van der Waals surface area (Å²) in [6.45, 7) is 4.15. The summed E-state index contributed by atoms with van der Waals surface area (Å²) in [4.78, 5) is 2.35. The molecule has 1 aliphatic heterocycles. The Balaban J connectivity index is 1.94. The molecule has 0 amide bonds. The zero-order chi connectivity index (χ0) is 13.0. The molecule has 0 saturated carbocycles. The number of likely N-dealkylation sites (N-methyl/N-ethyl adjacent to an activating group) is 1. The highest BCUT2D eigenvalue weighted by molar-refractivity contribution is 9.10. The Morgan fingerprint density at radius 1 is 1.56 bits per heavy atom. The number of anilines is 1. The average Bonchev–Trinajstić information content (AvgIpc) is 2.37. The third-order valence-corrected chi connectivity index (χ3v) is 3.65. The zero-order valence-corrected chi connectivity index (χ0v) is 12.5. The minimum Gasteiger partial charge on any atom is -0.495 e. The van der Waals surface area contributed by atoms with E-state index in [0.717, 1.165) is 42.1 Å². The van der Waals surface area contributed by atoms with Crippen molar-refractivity contribution in [3.05, 3.63) is 22.7 Å². The van der Waals surface area contributed by atoms with Crippen LogP contribution in [0.25, 0.3) is 0 Å². The molecule has 5 heteroatoms. The lowest BCUT2D eigenvalue weighted by molar-refractivity contribution is 0.244. The number of benzene rings is 1. The summed E-state index contributed by atoms with van der Waals surface area (Å²) >= 11 is 3.48. The summed E-state index contributed by atoms with van der Waals surface area (Å²) in [5.74, 6) is 0.877. The first-order valence-electron chi connectivity index (χ1n) is 6.18. The minimum atomic E-state index is 0.479. The van der Waals surface area contributed by atoms with Crippen LogP contribution in [0.15, 0.2) is 22.7 Å². The Hall–Kier alpha value is -0.780. The van der Waals surface area contributed by atoms with E-state index < -0.39 is 0 Å². The Morgan fingerprint density at radius 3 is 3.11 bits per heavy atom. The molecule has 4 nitrogen and oxygen atoms in total. The van der Waals surface area contributed by atoms with Gasteiger partial charge in [0.15, 0.2) is 0 Å². The third kappa shape index (κ3) is 3.60. The van der Waals surface area contributed by atoms with Gasteiger partial charge in [0.2, 0.25) is 0 Å². The lowest BCUT2D eigenvalue weighted by atomic mass is 10.2. The van der Waals surface area contributed by atoms with E-state index in [9.17, 15) is 0 Å². The summed E-state index contributed by atoms with van der Waals surface area (Å²) in [5, 5.41) is 6.97. The molecular weight excluding hydrogens is 294 g/mol. The normalized spacial score (nSPS) is 20.7. The van der Waals surface area contributed by atoms with Crippen molar-refractivity contribution in [3.63, 3.8) is 0 Å². The minimum absolute atomic E-state index is 0.479. The molecule has 1 aromatic carbocycles. The Morgan fingerprint density at radius 2 is 2.39 bits per heavy atom. The van der Waals surface area contributed by atoms with Gasteiger partial charge in [-0.3, -0.25) is 0 Å². The van der Waals surface area contributed by atoms with Crippen molar-refractivity contribution in [2.24, 2.45) is 0 Å². The molecule has 1 unspecified atom stereocenters. The predicted molar refractivity (Wildman–Crippen MR) is 78.5 cm³/mol. The van der Waals surface area contributed by atoms with E-state index in [1.807, 2.05) is 18.2 Å². The maximum Gasteiger partial charge on any atom is 0.142 e. The summed E-state index contributed by atoms with van der Waals surface area (Å²) in [6, 6.07) is 6.47. The van der Waals surface area contributed by atoms with E-state index in [0.29, 0.717) is 6.04 Å². The largest absolute Gasteiger partial charge is 0.495 e. The molecule has 1 aliphatic rings. The topological polar surface area (TPSA) is 36.5 Å². The second-order valence-electron chi connectivity index (χ2n) is 4.64. The van der Waals surface area contributed by atoms with Crippen LogP contribution in [0.3, 0.4) is 0 Å². The second-order valence-corrected chi connectivity index (χ2v) is 5.55. The molecule has 0 aromatic heterocycles. The highest BCUT2D eigenvalue weighted by atomic mass is 79.9. The molecule has 1 heterocycles. The zero-order valence-electron chi connectivity index (χ0n) is 10.9. The maximum atomic E-state index is 5.35. The molecule has 0 aliphatic carbocycles. The molecule has 0 bridgehead atoms. The maximum absolute atomic E-state index is 5.35. The van der Waals surface area contributed by atoms with Crippen molar-refractivity contribution < 1.29 is 4.74 Å². The van der Waals surface area contributed by atoms with Crippen LogP contribution >= 0.6 is 15.9 Å². The van der Waals surface area contributed by atoms with Crippen LogP contribution in [0.4, 0.5) is 5.69 Å². The smallest absolute Gasteiger partial charge is 0.142 e. The van der Waals surface area contributed by atoms with E-state index >= 15 is 0 Å². The summed E-state index contributed by atoms with van der Waals surface area (Å²) < 4.78 is 6.40. The van der Waals surface area contributed by atoms with Gasteiger partial charge in [0, 0.05) is 36.7 Å². The lowest BCUT2D eigenvalue weighted by Crippen LogP contribution is -2.51. The number of nitrogens with one attached hydrogen (secondary N) is 2. The lowest BCUT2D eigenvalue weighted by Gasteiger charge is -2.31. The Labute approximate surface area is 117 Å². The number of piperazine rings is 1. The van der Waals surface area contributed by atoms with Crippen molar-refractivity contribution in [2.45, 2.75) is 6.04 Å². The number of methoxy groups -OCH3 is 1. The van der Waals surface area contributed by atoms with Crippen molar-refractivity contribution in [1.82, 2.24) is 10.2 Å². The van der Waals surface area contributed by atoms with Crippen LogP contribution in [-0.2, 0) is 0 Å². The second kappa shape index (κ2) is 6.41. The van der Waals surface area contributed by atoms with Crippen LogP contribution in [0, 0.1) is 0 Å². The fourth-order valence-corrected chi connectivity index (χ4v) is 2.54. The molecule has 0 spiro atoms. The molecule has 1 atom stereocenters. The first kappa shape index (κ1) is 13.6. The molecule has 1 fully saturated rings. The SMILES string of the molecule is COc1ccc(Br)cc1NCC1CN(C)CCN1. The van der Waals surface area contributed by atoms with E-state index in [1.54, 1.807) is 7.11 Å². The van der Waals surface area contributed by atoms with Crippen molar-refractivity contribution >= 4 is 21.6 Å². The third-order valence-electron chi connectivity index (χ3n) is 3.16. The highest BCUT2D eigenvalue weighted by Crippen LogP contribution is 2.27. The fraction of sp³-hybridized carbons (Fsp3) is 0.538. The Bertz CT molecular complexity index is 400. The van der Waals surface area contributed by atoms with Crippen molar-refractivity contribution in [3.8, 4) is 5.75 Å². The van der Waals surface area contributed by atoms with Gasteiger partial charge in [-0.15, -0.1) is 0 Å². The van der Waals surface area contributed by atoms with Gasteiger partial charge in [0.25, 0.3) is 0 Å². The number of halogens is 1. The van der Waals surface area contributed by atoms with E-state index in [2.05, 4.69) is 38.5 Å². The van der Waals surface area contributed by atoms with Crippen LogP contribution in [-0.4, -0.2) is 51.3 Å². The van der Waals surface area contributed by atoms with Crippen LogP contribution in [0.5, 0.6) is 5.75 Å². The molecule has 0 radical (unpaired) electrons. The van der Waals surface area contributed by atoms with E-state index in [4.69, 9.17) is 4.74 Å². The molecule has 1 saturated heterocycles.